The largest absolute Gasteiger partial charge is 0.478 e. The molecule has 0 aliphatic carbocycles. The molecular weight excluding hydrogens is 652 g/mol. The Bertz CT molecular complexity index is 2330. The number of hydrogen-bond donors (Lipinski definition) is 1. The van der Waals surface area contributed by atoms with Crippen LogP contribution < -0.4 is 4.90 Å². The highest BCUT2D eigenvalue weighted by molar-refractivity contribution is 6.43. The number of benzene rings is 6. The summed E-state index contributed by atoms with van der Waals surface area (Å²) in [4.78, 5) is 70.9. The van der Waals surface area contributed by atoms with Gasteiger partial charge in [0, 0.05) is 39.1 Å². The Morgan fingerprint density at radius 2 is 0.923 bits per heavy atom. The predicted octanol–water partition coefficient (Wildman–Crippen LogP) is 10.1. The molecule has 8 heteroatoms. The number of amides is 4. The fraction of sp³-hybridized carbons (Fsp3) is 0.295. The summed E-state index contributed by atoms with van der Waals surface area (Å²) in [6, 6.07) is 20.4. The number of rotatable bonds is 13. The number of carbonyl (C=O) groups is 5. The molecule has 2 aliphatic rings. The molecule has 2 aliphatic heterocycles. The lowest BCUT2D eigenvalue weighted by Crippen LogP contribution is -2.47. The average molecular weight is 693 g/mol. The second kappa shape index (κ2) is 13.2. The molecule has 8 nitrogen and oxygen atoms in total. The second-order valence-electron chi connectivity index (χ2n) is 14.3. The van der Waals surface area contributed by atoms with Crippen molar-refractivity contribution < 1.29 is 29.1 Å². The maximum atomic E-state index is 14.4. The van der Waals surface area contributed by atoms with Crippen LogP contribution in [0, 0.1) is 0 Å². The number of nitrogens with zero attached hydrogens (tertiary/aromatic N) is 2. The van der Waals surface area contributed by atoms with Crippen LogP contribution in [-0.4, -0.2) is 45.6 Å². The Morgan fingerprint density at radius 3 is 1.31 bits per heavy atom. The topological polar surface area (TPSA) is 112 Å². The van der Waals surface area contributed by atoms with E-state index in [-0.39, 0.29) is 29.1 Å². The van der Waals surface area contributed by atoms with Crippen LogP contribution in [0.4, 0.5) is 5.69 Å². The van der Waals surface area contributed by atoms with Gasteiger partial charge in [-0.15, -0.1) is 0 Å². The monoisotopic (exact) mass is 692 g/mol. The van der Waals surface area contributed by atoms with Crippen molar-refractivity contribution in [3.8, 4) is 0 Å². The molecular formula is C44H40N2O6. The van der Waals surface area contributed by atoms with Gasteiger partial charge in [0.1, 0.15) is 0 Å². The zero-order valence-corrected chi connectivity index (χ0v) is 29.5. The first-order valence-electron chi connectivity index (χ1n) is 18.6. The first kappa shape index (κ1) is 33.5. The SMILES string of the molecule is CCCCCCC(CCCCCC)N1C(=O)c2ccc3c4ccc5c6c(ccc(c7ccc(c2c37)C1=O)c64)C(=O)N(c1ccc(C(=O)O)cc1)C5=O. The highest BCUT2D eigenvalue weighted by Crippen LogP contribution is 2.47. The third kappa shape index (κ3) is 5.06. The van der Waals surface area contributed by atoms with Crippen molar-refractivity contribution in [2.45, 2.75) is 84.1 Å². The van der Waals surface area contributed by atoms with E-state index in [1.165, 1.54) is 24.3 Å². The number of aromatic carboxylic acids is 1. The molecule has 6 aromatic rings. The number of carboxylic acids is 1. The third-order valence-electron chi connectivity index (χ3n) is 11.2. The second-order valence-corrected chi connectivity index (χ2v) is 14.3. The van der Waals surface area contributed by atoms with Crippen molar-refractivity contribution in [1.29, 1.82) is 0 Å². The van der Waals surface area contributed by atoms with Crippen LogP contribution in [0.5, 0.6) is 0 Å². The molecule has 0 saturated carbocycles. The fourth-order valence-electron chi connectivity index (χ4n) is 8.62. The van der Waals surface area contributed by atoms with Crippen molar-refractivity contribution in [3.05, 3.63) is 101 Å². The van der Waals surface area contributed by atoms with Crippen LogP contribution in [0.15, 0.2) is 72.8 Å². The average Bonchev–Trinajstić information content (AvgIpc) is 3.15. The van der Waals surface area contributed by atoms with Gasteiger partial charge in [-0.25, -0.2) is 9.69 Å². The maximum Gasteiger partial charge on any atom is 0.335 e. The Balaban J connectivity index is 1.25. The first-order valence-corrected chi connectivity index (χ1v) is 18.6. The van der Waals surface area contributed by atoms with E-state index in [1.54, 1.807) is 17.0 Å². The van der Waals surface area contributed by atoms with E-state index in [1.807, 2.05) is 36.4 Å². The smallest absolute Gasteiger partial charge is 0.335 e. The number of imide groups is 2. The summed E-state index contributed by atoms with van der Waals surface area (Å²) in [7, 11) is 0. The molecule has 262 valence electrons. The summed E-state index contributed by atoms with van der Waals surface area (Å²) in [6.45, 7) is 4.36. The number of carboxylic acid groups (broad SMARTS) is 1. The molecule has 2 heterocycles. The summed E-state index contributed by atoms with van der Waals surface area (Å²) in [6.07, 6.45) is 10.3. The number of fused-ring (bicyclic) bond motifs is 2. The minimum Gasteiger partial charge on any atom is -0.478 e. The van der Waals surface area contributed by atoms with Gasteiger partial charge in [0.05, 0.1) is 11.3 Å². The minimum atomic E-state index is -1.10. The van der Waals surface area contributed by atoms with Gasteiger partial charge in [0.2, 0.25) is 0 Å². The van der Waals surface area contributed by atoms with E-state index in [9.17, 15) is 29.1 Å². The van der Waals surface area contributed by atoms with Crippen LogP contribution in [0.3, 0.4) is 0 Å². The Labute approximate surface area is 301 Å². The van der Waals surface area contributed by atoms with E-state index in [0.29, 0.717) is 33.0 Å². The van der Waals surface area contributed by atoms with Gasteiger partial charge in [-0.1, -0.05) is 89.5 Å². The van der Waals surface area contributed by atoms with E-state index < -0.39 is 17.8 Å². The summed E-state index contributed by atoms with van der Waals surface area (Å²) in [5, 5.41) is 15.5. The van der Waals surface area contributed by atoms with E-state index in [4.69, 9.17) is 0 Å². The lowest BCUT2D eigenvalue weighted by Gasteiger charge is -2.35. The molecule has 6 aromatic carbocycles. The summed E-state index contributed by atoms with van der Waals surface area (Å²) in [5.41, 5.74) is 2.15. The Kier molecular flexibility index (Phi) is 8.48. The van der Waals surface area contributed by atoms with Gasteiger partial charge >= 0.3 is 5.97 Å². The first-order chi connectivity index (χ1) is 25.3. The molecule has 0 fully saturated rings. The number of anilines is 1. The molecule has 0 atom stereocenters. The highest BCUT2D eigenvalue weighted by Gasteiger charge is 2.39. The molecule has 52 heavy (non-hydrogen) atoms. The number of hydrogen-bond acceptors (Lipinski definition) is 5. The van der Waals surface area contributed by atoms with Gasteiger partial charge < -0.3 is 5.11 Å². The molecule has 0 bridgehead atoms. The van der Waals surface area contributed by atoms with Gasteiger partial charge in [0.25, 0.3) is 23.6 Å². The highest BCUT2D eigenvalue weighted by atomic mass is 16.4. The molecule has 4 amide bonds. The lowest BCUT2D eigenvalue weighted by atomic mass is 9.82. The van der Waals surface area contributed by atoms with Crippen LogP contribution in [-0.2, 0) is 0 Å². The quantitative estimate of drug-likeness (QED) is 0.0558. The Hall–Kier alpha value is -5.63. The van der Waals surface area contributed by atoms with Crippen LogP contribution in [0.1, 0.15) is 130 Å². The summed E-state index contributed by atoms with van der Waals surface area (Å²) < 4.78 is 0. The van der Waals surface area contributed by atoms with Gasteiger partial charge in [-0.05, 0) is 93.7 Å². The minimum absolute atomic E-state index is 0.0548. The molecule has 8 rings (SSSR count). The number of carbonyl (C=O) groups excluding carboxylic acids is 4. The maximum absolute atomic E-state index is 14.4. The third-order valence-corrected chi connectivity index (χ3v) is 11.2. The molecule has 0 aromatic heterocycles. The molecule has 0 spiro atoms. The summed E-state index contributed by atoms with van der Waals surface area (Å²) in [5.74, 6) is -2.55. The molecule has 0 unspecified atom stereocenters. The number of unbranched alkanes of at least 4 members (excludes halogenated alkanes) is 6. The zero-order chi connectivity index (χ0) is 36.3. The van der Waals surface area contributed by atoms with Crippen molar-refractivity contribution in [2.75, 3.05) is 4.90 Å². The van der Waals surface area contributed by atoms with E-state index in [0.717, 1.165) is 101 Å². The zero-order valence-electron chi connectivity index (χ0n) is 29.5. The van der Waals surface area contributed by atoms with Crippen molar-refractivity contribution >= 4 is 78.4 Å². The van der Waals surface area contributed by atoms with Gasteiger partial charge in [-0.2, -0.15) is 0 Å². The Morgan fingerprint density at radius 1 is 0.519 bits per heavy atom. The molecule has 0 radical (unpaired) electrons. The van der Waals surface area contributed by atoms with Crippen LogP contribution >= 0.6 is 0 Å². The normalized spacial score (nSPS) is 14.4. The molecule has 0 saturated heterocycles. The van der Waals surface area contributed by atoms with E-state index in [2.05, 4.69) is 13.8 Å². The van der Waals surface area contributed by atoms with Crippen LogP contribution in [0.25, 0.3) is 43.1 Å². The summed E-state index contributed by atoms with van der Waals surface area (Å²) >= 11 is 0. The lowest BCUT2D eigenvalue weighted by molar-refractivity contribution is 0.0515. The van der Waals surface area contributed by atoms with Crippen molar-refractivity contribution in [2.24, 2.45) is 0 Å². The van der Waals surface area contributed by atoms with Gasteiger partial charge in [0.15, 0.2) is 0 Å². The van der Waals surface area contributed by atoms with Crippen molar-refractivity contribution in [3.63, 3.8) is 0 Å². The standard InChI is InChI=1S/C44H40N2O6/c1-3-5-7-9-11-26(12-10-8-6-4-2)45-40(47)32-21-17-28-30-19-23-34-39-35(43(50)46(42(34)49)27-15-13-25(14-16-27)44(51)52)24-20-31(37(30)39)29-18-22-33(41(45)48)38(32)36(28)29/h13-24,26H,3-12H2,1-2H3,(H,51,52). The molecule has 1 N–H and O–H groups in total. The van der Waals surface area contributed by atoms with Crippen molar-refractivity contribution in [1.82, 2.24) is 4.90 Å². The van der Waals surface area contributed by atoms with Crippen LogP contribution in [0.2, 0.25) is 0 Å². The van der Waals surface area contributed by atoms with Gasteiger partial charge in [-0.3, -0.25) is 24.1 Å². The van der Waals surface area contributed by atoms with E-state index >= 15 is 0 Å². The fourth-order valence-corrected chi connectivity index (χ4v) is 8.62. The predicted molar refractivity (Wildman–Crippen MR) is 204 cm³/mol.